The fraction of sp³-hybridized carbons (Fsp3) is 0.111. The number of carbonyl (C=O) groups excluding carboxylic acids is 1. The Bertz CT molecular complexity index is 763. The average molecular weight is 308 g/mol. The quantitative estimate of drug-likeness (QED) is 0.788. The van der Waals surface area contributed by atoms with E-state index in [9.17, 15) is 4.79 Å². The molecule has 0 aliphatic heterocycles. The van der Waals surface area contributed by atoms with E-state index in [2.05, 4.69) is 22.8 Å². The van der Waals surface area contributed by atoms with Crippen LogP contribution in [0.5, 0.6) is 0 Å². The number of aromatic nitrogens is 1. The van der Waals surface area contributed by atoms with Crippen LogP contribution in [-0.2, 0) is 11.3 Å². The first-order valence-electron chi connectivity index (χ1n) is 7.07. The van der Waals surface area contributed by atoms with Crippen molar-refractivity contribution in [3.8, 4) is 21.8 Å². The first-order valence-corrected chi connectivity index (χ1v) is 7.95. The van der Waals surface area contributed by atoms with Crippen LogP contribution >= 0.6 is 11.3 Å². The number of hydrogen-bond acceptors (Lipinski definition) is 3. The normalized spacial score (nSPS) is 10.4. The van der Waals surface area contributed by atoms with E-state index in [1.807, 2.05) is 42.5 Å². The molecule has 1 aromatic heterocycles. The van der Waals surface area contributed by atoms with Crippen molar-refractivity contribution < 1.29 is 4.79 Å². The van der Waals surface area contributed by atoms with Crippen LogP contribution in [0.25, 0.3) is 21.8 Å². The molecular weight excluding hydrogens is 292 g/mol. The lowest BCUT2D eigenvalue weighted by Gasteiger charge is -2.03. The third kappa shape index (κ3) is 3.40. The van der Waals surface area contributed by atoms with Crippen molar-refractivity contribution in [3.05, 3.63) is 65.5 Å². The average Bonchev–Trinajstić information content (AvgIpc) is 3.04. The minimum absolute atomic E-state index is 0.0175. The zero-order valence-electron chi connectivity index (χ0n) is 12.2. The summed E-state index contributed by atoms with van der Waals surface area (Å²) in [5.41, 5.74) is 4.29. The van der Waals surface area contributed by atoms with Gasteiger partial charge >= 0.3 is 0 Å². The van der Waals surface area contributed by atoms with Crippen LogP contribution in [0, 0.1) is 0 Å². The van der Waals surface area contributed by atoms with E-state index in [1.54, 1.807) is 11.3 Å². The summed E-state index contributed by atoms with van der Waals surface area (Å²) in [7, 11) is 0. The Morgan fingerprint density at radius 1 is 1.05 bits per heavy atom. The molecule has 0 saturated heterocycles. The van der Waals surface area contributed by atoms with Crippen molar-refractivity contribution in [2.45, 2.75) is 13.5 Å². The molecule has 0 radical (unpaired) electrons. The minimum Gasteiger partial charge on any atom is -0.352 e. The van der Waals surface area contributed by atoms with Crippen LogP contribution in [0.4, 0.5) is 0 Å². The maximum absolute atomic E-state index is 10.9. The van der Waals surface area contributed by atoms with Gasteiger partial charge < -0.3 is 5.32 Å². The molecule has 110 valence electrons. The van der Waals surface area contributed by atoms with E-state index in [4.69, 9.17) is 4.98 Å². The van der Waals surface area contributed by atoms with Crippen molar-refractivity contribution in [3.63, 3.8) is 0 Å². The van der Waals surface area contributed by atoms with E-state index >= 15 is 0 Å². The Hall–Kier alpha value is -2.46. The zero-order chi connectivity index (χ0) is 15.4. The largest absolute Gasteiger partial charge is 0.352 e. The van der Waals surface area contributed by atoms with Crippen LogP contribution in [-0.4, -0.2) is 10.9 Å². The van der Waals surface area contributed by atoms with Gasteiger partial charge in [0, 0.05) is 30.0 Å². The van der Waals surface area contributed by atoms with E-state index in [0.29, 0.717) is 6.54 Å². The molecule has 1 N–H and O–H groups in total. The number of thiazole rings is 1. The summed E-state index contributed by atoms with van der Waals surface area (Å²) in [6.45, 7) is 2.08. The predicted molar refractivity (Wildman–Crippen MR) is 90.5 cm³/mol. The predicted octanol–water partition coefficient (Wildman–Crippen LogP) is 4.11. The van der Waals surface area contributed by atoms with E-state index < -0.39 is 0 Å². The number of amides is 1. The van der Waals surface area contributed by atoms with Gasteiger partial charge in [-0.1, -0.05) is 54.6 Å². The van der Waals surface area contributed by atoms with Gasteiger partial charge in [-0.25, -0.2) is 4.98 Å². The van der Waals surface area contributed by atoms with Crippen molar-refractivity contribution >= 4 is 17.2 Å². The Balaban J connectivity index is 1.77. The third-order valence-corrected chi connectivity index (χ3v) is 4.21. The van der Waals surface area contributed by atoms with Gasteiger partial charge in [0.1, 0.15) is 5.01 Å². The van der Waals surface area contributed by atoms with Crippen LogP contribution in [0.15, 0.2) is 60.0 Å². The molecule has 0 aliphatic carbocycles. The molecule has 4 heteroatoms. The highest BCUT2D eigenvalue weighted by atomic mass is 32.1. The fourth-order valence-electron chi connectivity index (χ4n) is 2.14. The Morgan fingerprint density at radius 3 is 2.45 bits per heavy atom. The summed E-state index contributed by atoms with van der Waals surface area (Å²) in [4.78, 5) is 15.6. The monoisotopic (exact) mass is 308 g/mol. The number of nitrogens with one attached hydrogen (secondary N) is 1. The van der Waals surface area contributed by atoms with E-state index in [0.717, 1.165) is 27.4 Å². The second kappa shape index (κ2) is 6.54. The molecule has 0 bridgehead atoms. The van der Waals surface area contributed by atoms with E-state index in [-0.39, 0.29) is 5.91 Å². The summed E-state index contributed by atoms with van der Waals surface area (Å²) in [6.07, 6.45) is 0. The SMILES string of the molecule is CC(=O)NCc1ccc(-c2csc(-c3ccccc3)n2)cc1. The van der Waals surface area contributed by atoms with Gasteiger partial charge in [0.05, 0.1) is 5.69 Å². The molecule has 2 aromatic carbocycles. The van der Waals surface area contributed by atoms with E-state index in [1.165, 1.54) is 6.92 Å². The summed E-state index contributed by atoms with van der Waals surface area (Å²) in [6, 6.07) is 18.3. The number of benzene rings is 2. The number of nitrogens with zero attached hydrogens (tertiary/aromatic N) is 1. The summed E-state index contributed by atoms with van der Waals surface area (Å²) >= 11 is 1.65. The van der Waals surface area contributed by atoms with Gasteiger partial charge in [-0.05, 0) is 5.56 Å². The number of hydrogen-bond donors (Lipinski definition) is 1. The molecule has 0 aliphatic rings. The fourth-order valence-corrected chi connectivity index (χ4v) is 2.97. The van der Waals surface area contributed by atoms with Crippen LogP contribution < -0.4 is 5.32 Å². The Morgan fingerprint density at radius 2 is 1.77 bits per heavy atom. The lowest BCUT2D eigenvalue weighted by molar-refractivity contribution is -0.119. The molecule has 3 nitrogen and oxygen atoms in total. The lowest BCUT2D eigenvalue weighted by atomic mass is 10.1. The highest BCUT2D eigenvalue weighted by Crippen LogP contribution is 2.28. The van der Waals surface area contributed by atoms with Crippen LogP contribution in [0.1, 0.15) is 12.5 Å². The molecule has 1 amide bonds. The first kappa shape index (κ1) is 14.5. The molecule has 22 heavy (non-hydrogen) atoms. The smallest absolute Gasteiger partial charge is 0.217 e. The molecular formula is C18H16N2OS. The second-order valence-corrected chi connectivity index (χ2v) is 5.87. The molecule has 3 rings (SSSR count). The van der Waals surface area contributed by atoms with Crippen LogP contribution in [0.2, 0.25) is 0 Å². The number of carbonyl (C=O) groups is 1. The van der Waals surface area contributed by atoms with Gasteiger partial charge in [-0.15, -0.1) is 11.3 Å². The topological polar surface area (TPSA) is 42.0 Å². The summed E-state index contributed by atoms with van der Waals surface area (Å²) in [5, 5.41) is 5.89. The van der Waals surface area contributed by atoms with Gasteiger partial charge in [-0.3, -0.25) is 4.79 Å². The summed E-state index contributed by atoms with van der Waals surface area (Å²) in [5.74, 6) is -0.0175. The molecule has 1 heterocycles. The van der Waals surface area contributed by atoms with Gasteiger partial charge in [-0.2, -0.15) is 0 Å². The molecule has 0 unspecified atom stereocenters. The summed E-state index contributed by atoms with van der Waals surface area (Å²) < 4.78 is 0. The number of rotatable bonds is 4. The van der Waals surface area contributed by atoms with Crippen molar-refractivity contribution in [2.24, 2.45) is 0 Å². The van der Waals surface area contributed by atoms with Crippen molar-refractivity contribution in [1.82, 2.24) is 10.3 Å². The van der Waals surface area contributed by atoms with Crippen LogP contribution in [0.3, 0.4) is 0 Å². The van der Waals surface area contributed by atoms with Crippen molar-refractivity contribution in [2.75, 3.05) is 0 Å². The Labute approximate surface area is 133 Å². The molecule has 3 aromatic rings. The van der Waals surface area contributed by atoms with Gasteiger partial charge in [0.2, 0.25) is 5.91 Å². The maximum atomic E-state index is 10.9. The molecule has 0 fully saturated rings. The van der Waals surface area contributed by atoms with Gasteiger partial charge in [0.25, 0.3) is 0 Å². The molecule has 0 atom stereocenters. The zero-order valence-corrected chi connectivity index (χ0v) is 13.1. The van der Waals surface area contributed by atoms with Gasteiger partial charge in [0.15, 0.2) is 0 Å². The third-order valence-electron chi connectivity index (χ3n) is 3.32. The first-order chi connectivity index (χ1) is 10.7. The highest BCUT2D eigenvalue weighted by Gasteiger charge is 2.06. The molecule has 0 spiro atoms. The second-order valence-electron chi connectivity index (χ2n) is 5.01. The minimum atomic E-state index is -0.0175. The Kier molecular flexibility index (Phi) is 4.30. The standard InChI is InChI=1S/C18H16N2OS/c1-13(21)19-11-14-7-9-15(10-8-14)17-12-22-18(20-17)16-5-3-2-4-6-16/h2-10,12H,11H2,1H3,(H,19,21). The molecule has 0 saturated carbocycles. The lowest BCUT2D eigenvalue weighted by Crippen LogP contribution is -2.18. The maximum Gasteiger partial charge on any atom is 0.217 e. The van der Waals surface area contributed by atoms with Crippen molar-refractivity contribution in [1.29, 1.82) is 0 Å². The highest BCUT2D eigenvalue weighted by molar-refractivity contribution is 7.13.